The highest BCUT2D eigenvalue weighted by molar-refractivity contribution is 6.35. The number of urea groups is 1. The average molecular weight is 562 g/mol. The van der Waals surface area contributed by atoms with Gasteiger partial charge in [-0.2, -0.15) is 0 Å². The third-order valence-corrected chi connectivity index (χ3v) is 7.91. The molecule has 1 aromatic heterocycles. The fourth-order valence-electron chi connectivity index (χ4n) is 5.09. The Morgan fingerprint density at radius 1 is 1.03 bits per heavy atom. The van der Waals surface area contributed by atoms with Crippen LogP contribution in [0.2, 0.25) is 5.02 Å². The zero-order valence-electron chi connectivity index (χ0n) is 20.9. The van der Waals surface area contributed by atoms with Crippen molar-refractivity contribution in [1.82, 2.24) is 15.2 Å². The van der Waals surface area contributed by atoms with E-state index in [4.69, 9.17) is 27.9 Å². The van der Waals surface area contributed by atoms with Crippen LogP contribution in [0.4, 0.5) is 4.79 Å². The molecule has 2 fully saturated rings. The number of alkyl halides is 1. The highest BCUT2D eigenvalue weighted by atomic mass is 35.5. The maximum atomic E-state index is 12.1. The number of aliphatic hydroxyl groups excluding tert-OH is 3. The van der Waals surface area contributed by atoms with Gasteiger partial charge in [0.1, 0.15) is 24.4 Å². The summed E-state index contributed by atoms with van der Waals surface area (Å²) >= 11 is 12.3. The Morgan fingerprint density at radius 2 is 1.79 bits per heavy atom. The van der Waals surface area contributed by atoms with Gasteiger partial charge >= 0.3 is 6.03 Å². The summed E-state index contributed by atoms with van der Waals surface area (Å²) in [5, 5.41) is 38.9. The molecule has 2 aliphatic rings. The molecule has 1 aliphatic carbocycles. The van der Waals surface area contributed by atoms with Crippen LogP contribution in [0.1, 0.15) is 48.1 Å². The minimum atomic E-state index is -1.48. The number of aliphatic hydroxyl groups is 3. The summed E-state index contributed by atoms with van der Waals surface area (Å²) in [6.07, 6.45) is -0.594. The van der Waals surface area contributed by atoms with E-state index >= 15 is 0 Å². The second-order valence-electron chi connectivity index (χ2n) is 10.1. The van der Waals surface area contributed by atoms with Gasteiger partial charge in [0.05, 0.1) is 10.5 Å². The van der Waals surface area contributed by atoms with Gasteiger partial charge in [0, 0.05) is 30.6 Å². The molecule has 0 bridgehead atoms. The number of aromatic nitrogens is 1. The molecule has 10 heteroatoms. The predicted octanol–water partition coefficient (Wildman–Crippen LogP) is 3.67. The molecule has 2 heterocycles. The SMILES string of the molecule is O=C(NCCCCl)NC[C@H]1O[C@@H](n2cc(Cc3ccc(C4CC4)cc3)c3c(Cl)cccc32)[C@H](O)[C@@H](O)[C@@H]1O. The van der Waals surface area contributed by atoms with Gasteiger partial charge in [-0.05, 0) is 60.4 Å². The topological polar surface area (TPSA) is 116 Å². The highest BCUT2D eigenvalue weighted by Crippen LogP contribution is 2.40. The van der Waals surface area contributed by atoms with Gasteiger partial charge in [-0.15, -0.1) is 11.6 Å². The summed E-state index contributed by atoms with van der Waals surface area (Å²) in [5.41, 5.74) is 4.19. The summed E-state index contributed by atoms with van der Waals surface area (Å²) < 4.78 is 7.85. The van der Waals surface area contributed by atoms with Gasteiger partial charge in [-0.1, -0.05) is 41.9 Å². The Balaban J connectivity index is 1.39. The van der Waals surface area contributed by atoms with Crippen LogP contribution in [0.25, 0.3) is 10.9 Å². The van der Waals surface area contributed by atoms with Crippen molar-refractivity contribution in [2.24, 2.45) is 0 Å². The lowest BCUT2D eigenvalue weighted by molar-refractivity contribution is -0.241. The van der Waals surface area contributed by atoms with Crippen molar-refractivity contribution >= 4 is 40.1 Å². The van der Waals surface area contributed by atoms with E-state index in [0.29, 0.717) is 36.2 Å². The number of carbonyl (C=O) groups excluding carboxylic acids is 1. The van der Waals surface area contributed by atoms with E-state index in [9.17, 15) is 20.1 Å². The van der Waals surface area contributed by atoms with Crippen LogP contribution in [0.3, 0.4) is 0 Å². The largest absolute Gasteiger partial charge is 0.388 e. The molecule has 1 saturated heterocycles. The first-order chi connectivity index (χ1) is 18.4. The number of hydrogen-bond donors (Lipinski definition) is 5. The molecule has 5 atom stereocenters. The Labute approximate surface area is 231 Å². The van der Waals surface area contributed by atoms with Crippen molar-refractivity contribution in [2.75, 3.05) is 19.0 Å². The van der Waals surface area contributed by atoms with Gasteiger partial charge in [0.25, 0.3) is 0 Å². The first kappa shape index (κ1) is 27.2. The molecule has 1 saturated carbocycles. The van der Waals surface area contributed by atoms with Crippen LogP contribution in [0, 0.1) is 0 Å². The minimum absolute atomic E-state index is 0.0612. The van der Waals surface area contributed by atoms with Crippen molar-refractivity contribution < 1.29 is 24.9 Å². The van der Waals surface area contributed by atoms with Crippen molar-refractivity contribution in [2.45, 2.75) is 62.2 Å². The Bertz CT molecular complexity index is 1260. The van der Waals surface area contributed by atoms with Crippen molar-refractivity contribution in [3.63, 3.8) is 0 Å². The van der Waals surface area contributed by atoms with Gasteiger partial charge in [-0.25, -0.2) is 4.79 Å². The second kappa shape index (κ2) is 11.8. The minimum Gasteiger partial charge on any atom is -0.388 e. The van der Waals surface area contributed by atoms with E-state index in [2.05, 4.69) is 34.9 Å². The zero-order chi connectivity index (χ0) is 26.8. The molecule has 5 N–H and O–H groups in total. The molecule has 5 rings (SSSR count). The molecular weight excluding hydrogens is 529 g/mol. The molecule has 0 radical (unpaired) electrons. The summed E-state index contributed by atoms with van der Waals surface area (Å²) in [6.45, 7) is 0.351. The number of hydrogen-bond acceptors (Lipinski definition) is 5. The molecule has 0 spiro atoms. The predicted molar refractivity (Wildman–Crippen MR) is 147 cm³/mol. The zero-order valence-corrected chi connectivity index (χ0v) is 22.4. The summed E-state index contributed by atoms with van der Waals surface area (Å²) in [6, 6.07) is 13.7. The molecular formula is C28H33Cl2N3O5. The van der Waals surface area contributed by atoms with Gasteiger partial charge < -0.3 is 35.3 Å². The lowest BCUT2D eigenvalue weighted by atomic mass is 9.97. The number of carbonyl (C=O) groups is 1. The fourth-order valence-corrected chi connectivity index (χ4v) is 5.52. The molecule has 38 heavy (non-hydrogen) atoms. The quantitative estimate of drug-likeness (QED) is 0.202. The first-order valence-corrected chi connectivity index (χ1v) is 13.9. The second-order valence-corrected chi connectivity index (χ2v) is 10.9. The molecule has 1 aliphatic heterocycles. The van der Waals surface area contributed by atoms with Gasteiger partial charge in [-0.3, -0.25) is 0 Å². The van der Waals surface area contributed by atoms with Crippen molar-refractivity contribution in [3.8, 4) is 0 Å². The number of fused-ring (bicyclic) bond motifs is 1. The van der Waals surface area contributed by atoms with Gasteiger partial charge in [0.15, 0.2) is 6.23 Å². The average Bonchev–Trinajstić information content (AvgIpc) is 3.70. The van der Waals surface area contributed by atoms with Crippen molar-refractivity contribution in [1.29, 1.82) is 0 Å². The number of halogens is 2. The van der Waals surface area contributed by atoms with E-state index in [1.54, 1.807) is 4.57 Å². The lowest BCUT2D eigenvalue weighted by Gasteiger charge is -2.41. The third-order valence-electron chi connectivity index (χ3n) is 7.33. The van der Waals surface area contributed by atoms with E-state index < -0.39 is 36.7 Å². The van der Waals surface area contributed by atoms with E-state index in [-0.39, 0.29) is 6.54 Å². The number of ether oxygens (including phenoxy) is 1. The molecule has 204 valence electrons. The molecule has 8 nitrogen and oxygen atoms in total. The summed E-state index contributed by atoms with van der Waals surface area (Å²) in [7, 11) is 0. The van der Waals surface area contributed by atoms with E-state index in [1.165, 1.54) is 18.4 Å². The molecule has 2 aromatic carbocycles. The van der Waals surface area contributed by atoms with Crippen LogP contribution in [-0.2, 0) is 11.2 Å². The number of nitrogens with one attached hydrogen (secondary N) is 2. The Kier molecular flexibility index (Phi) is 8.47. The fraction of sp³-hybridized carbons (Fsp3) is 0.464. The van der Waals surface area contributed by atoms with Crippen LogP contribution in [-0.4, -0.2) is 69.3 Å². The van der Waals surface area contributed by atoms with Crippen LogP contribution >= 0.6 is 23.2 Å². The number of nitrogens with zero attached hydrogens (tertiary/aromatic N) is 1. The molecule has 0 unspecified atom stereocenters. The first-order valence-electron chi connectivity index (χ1n) is 13.0. The molecule has 2 amide bonds. The van der Waals surface area contributed by atoms with E-state index in [0.717, 1.165) is 22.0 Å². The van der Waals surface area contributed by atoms with Crippen LogP contribution in [0.15, 0.2) is 48.7 Å². The highest BCUT2D eigenvalue weighted by Gasteiger charge is 2.45. The van der Waals surface area contributed by atoms with Crippen molar-refractivity contribution in [3.05, 3.63) is 70.4 Å². The standard InChI is InChI=1S/C28H33Cl2N3O5/c29-11-2-12-31-28(37)32-14-22-24(34)25(35)26(36)27(38-22)33-15-19(23-20(30)3-1-4-21(23)33)13-16-5-7-17(8-6-16)18-9-10-18/h1,3-8,15,18,22,24-27,34-36H,2,9-14H2,(H2,31,32,37)/t22-,24-,25+,26-,27-/m1/s1. The van der Waals surface area contributed by atoms with Crippen LogP contribution < -0.4 is 10.6 Å². The number of benzene rings is 2. The maximum Gasteiger partial charge on any atom is 0.314 e. The smallest absolute Gasteiger partial charge is 0.314 e. The Morgan fingerprint density at radius 3 is 2.50 bits per heavy atom. The van der Waals surface area contributed by atoms with Gasteiger partial charge in [0.2, 0.25) is 0 Å². The number of amides is 2. The summed E-state index contributed by atoms with van der Waals surface area (Å²) in [4.78, 5) is 12.1. The summed E-state index contributed by atoms with van der Waals surface area (Å²) in [5.74, 6) is 1.12. The Hall–Kier alpha value is -2.33. The maximum absolute atomic E-state index is 12.1. The lowest BCUT2D eigenvalue weighted by Crippen LogP contribution is -2.58. The van der Waals surface area contributed by atoms with Crippen LogP contribution in [0.5, 0.6) is 0 Å². The van der Waals surface area contributed by atoms with E-state index in [1.807, 2.05) is 24.4 Å². The normalized spacial score (nSPS) is 25.4. The third kappa shape index (κ3) is 5.81. The molecule has 3 aromatic rings. The number of rotatable bonds is 9. The monoisotopic (exact) mass is 561 g/mol.